The highest BCUT2D eigenvalue weighted by Crippen LogP contribution is 2.39. The van der Waals surface area contributed by atoms with Crippen LogP contribution < -0.4 is 10.1 Å². The number of rotatable bonds is 8. The van der Waals surface area contributed by atoms with Gasteiger partial charge in [0.1, 0.15) is 17.2 Å². The molecule has 2 aromatic heterocycles. The quantitative estimate of drug-likeness (QED) is 0.218. The van der Waals surface area contributed by atoms with Gasteiger partial charge >= 0.3 is 6.09 Å². The van der Waals surface area contributed by atoms with Crippen LogP contribution in [0, 0.1) is 12.7 Å². The minimum Gasteiger partial charge on any atom is -0.444 e. The van der Waals surface area contributed by atoms with Crippen LogP contribution in [0.2, 0.25) is 0 Å². The van der Waals surface area contributed by atoms with E-state index in [9.17, 15) is 13.2 Å². The molecule has 0 spiro atoms. The molecule has 2 fully saturated rings. The van der Waals surface area contributed by atoms with E-state index >= 15 is 4.39 Å². The van der Waals surface area contributed by atoms with Crippen LogP contribution in [-0.4, -0.2) is 76.5 Å². The lowest BCUT2D eigenvalue weighted by atomic mass is 10.0. The molecular formula is C35H41FN6O5S. The zero-order valence-electron chi connectivity index (χ0n) is 27.7. The van der Waals surface area contributed by atoms with Gasteiger partial charge in [-0.25, -0.2) is 36.9 Å². The molecule has 0 unspecified atom stereocenters. The van der Waals surface area contributed by atoms with Crippen LogP contribution in [0.25, 0.3) is 22.0 Å². The van der Waals surface area contributed by atoms with Crippen LogP contribution in [0.5, 0.6) is 11.6 Å². The largest absolute Gasteiger partial charge is 0.444 e. The number of nitrogens with one attached hydrogen (secondary N) is 1. The van der Waals surface area contributed by atoms with Crippen molar-refractivity contribution in [3.63, 3.8) is 0 Å². The van der Waals surface area contributed by atoms with Crippen molar-refractivity contribution in [3.8, 4) is 22.9 Å². The second kappa shape index (κ2) is 13.6. The van der Waals surface area contributed by atoms with Crippen molar-refractivity contribution in [1.29, 1.82) is 0 Å². The maximum Gasteiger partial charge on any atom is 0.410 e. The Hall–Kier alpha value is -4.36. The van der Waals surface area contributed by atoms with E-state index < -0.39 is 27.2 Å². The normalized spacial score (nSPS) is 17.4. The predicted octanol–water partition coefficient (Wildman–Crippen LogP) is 6.67. The van der Waals surface area contributed by atoms with Crippen LogP contribution in [0.3, 0.4) is 0 Å². The van der Waals surface area contributed by atoms with Crippen molar-refractivity contribution in [1.82, 2.24) is 24.2 Å². The highest BCUT2D eigenvalue weighted by molar-refractivity contribution is 7.88. The lowest BCUT2D eigenvalue weighted by Gasteiger charge is -2.34. The number of halogens is 1. The van der Waals surface area contributed by atoms with E-state index in [0.29, 0.717) is 59.9 Å². The van der Waals surface area contributed by atoms with E-state index in [4.69, 9.17) is 14.5 Å². The molecule has 4 heterocycles. The minimum absolute atomic E-state index is 0.0617. The number of aryl methyl sites for hydroxylation is 1. The molecule has 0 bridgehead atoms. The monoisotopic (exact) mass is 676 g/mol. The molecule has 11 nitrogen and oxygen atoms in total. The number of ether oxygens (including phenoxy) is 2. The Balaban J connectivity index is 1.26. The van der Waals surface area contributed by atoms with Crippen molar-refractivity contribution in [2.75, 3.05) is 31.5 Å². The van der Waals surface area contributed by atoms with E-state index in [1.54, 1.807) is 47.6 Å². The van der Waals surface area contributed by atoms with Gasteiger partial charge in [-0.2, -0.15) is 0 Å². The number of pyridine rings is 1. The lowest BCUT2D eigenvalue weighted by Crippen LogP contribution is -2.47. The van der Waals surface area contributed by atoms with Crippen molar-refractivity contribution < 1.29 is 27.1 Å². The summed E-state index contributed by atoms with van der Waals surface area (Å²) in [6.45, 7) is 9.42. The summed E-state index contributed by atoms with van der Waals surface area (Å²) >= 11 is 0. The molecule has 4 aromatic rings. The average molecular weight is 677 g/mol. The highest BCUT2D eigenvalue weighted by atomic mass is 32.2. The van der Waals surface area contributed by atoms with E-state index in [-0.39, 0.29) is 23.6 Å². The summed E-state index contributed by atoms with van der Waals surface area (Å²) in [5, 5.41) is 4.42. The second-order valence-electron chi connectivity index (χ2n) is 13.3. The van der Waals surface area contributed by atoms with Gasteiger partial charge in [0.05, 0.1) is 17.0 Å². The number of fused-ring (bicyclic) bond motifs is 1. The second-order valence-corrected chi connectivity index (χ2v) is 15.3. The fourth-order valence-corrected chi connectivity index (χ4v) is 7.81. The number of carbonyl (C=O) groups is 1. The molecule has 13 heteroatoms. The number of nitrogens with zero attached hydrogens (tertiary/aromatic N) is 5. The molecule has 2 aromatic carbocycles. The zero-order valence-corrected chi connectivity index (χ0v) is 28.5. The molecule has 1 atom stereocenters. The SMILES string of the molecule is Cc1ccc2c(CS(=O)(=O)N3CCCC3)c(F)ccc2c1Oc1ncccc1-c1ccnc(N[C@H]2CCCN(C(=O)OC(C)(C)C)C2)n1. The Labute approximate surface area is 280 Å². The Kier molecular flexibility index (Phi) is 9.53. The number of carbonyl (C=O) groups excluding carboxylic acids is 1. The topological polar surface area (TPSA) is 127 Å². The Morgan fingerprint density at radius 3 is 2.54 bits per heavy atom. The van der Waals surface area contributed by atoms with Gasteiger partial charge in [0.25, 0.3) is 0 Å². The van der Waals surface area contributed by atoms with Crippen molar-refractivity contribution in [2.24, 2.45) is 0 Å². The molecule has 2 aliphatic heterocycles. The summed E-state index contributed by atoms with van der Waals surface area (Å²) in [4.78, 5) is 28.1. The number of likely N-dealkylation sites (tertiary alicyclic amines) is 1. The van der Waals surface area contributed by atoms with E-state index in [1.165, 1.54) is 10.4 Å². The molecule has 48 heavy (non-hydrogen) atoms. The molecule has 0 radical (unpaired) electrons. The molecule has 0 saturated carbocycles. The van der Waals surface area contributed by atoms with Crippen LogP contribution in [0.1, 0.15) is 57.6 Å². The highest BCUT2D eigenvalue weighted by Gasteiger charge is 2.29. The zero-order chi connectivity index (χ0) is 34.1. The third-order valence-corrected chi connectivity index (χ3v) is 10.3. The number of benzene rings is 2. The standard InChI is InChI=1S/C35H41FN6O5S/c1-23-11-12-25-26(13-14-29(36)28(25)22-48(44,45)42-19-5-6-20-42)31(23)46-32-27(10-7-16-37-32)30-15-17-38-33(40-30)39-24-9-8-18-41(21-24)34(43)47-35(2,3)4/h7,10-17,24H,5-6,8-9,18-22H2,1-4H3,(H,38,39,40)/t24-/m0/s1. The van der Waals surface area contributed by atoms with E-state index in [2.05, 4.69) is 15.3 Å². The number of piperidine rings is 1. The maximum absolute atomic E-state index is 15.2. The Morgan fingerprint density at radius 2 is 1.77 bits per heavy atom. The van der Waals surface area contributed by atoms with Gasteiger partial charge < -0.3 is 19.7 Å². The number of hydrogen-bond acceptors (Lipinski definition) is 9. The van der Waals surface area contributed by atoms with Crippen LogP contribution in [0.4, 0.5) is 15.1 Å². The molecule has 254 valence electrons. The molecule has 1 amide bonds. The Morgan fingerprint density at radius 1 is 1.00 bits per heavy atom. The predicted molar refractivity (Wildman–Crippen MR) is 182 cm³/mol. The smallest absolute Gasteiger partial charge is 0.410 e. The Bertz CT molecular complexity index is 1930. The van der Waals surface area contributed by atoms with Gasteiger partial charge in [0.15, 0.2) is 0 Å². The first-order valence-corrected chi connectivity index (χ1v) is 17.9. The number of amides is 1. The number of hydrogen-bond donors (Lipinski definition) is 1. The molecule has 1 N–H and O–H groups in total. The summed E-state index contributed by atoms with van der Waals surface area (Å²) in [6.07, 6.45) is 6.19. The summed E-state index contributed by atoms with van der Waals surface area (Å²) in [5.74, 6) is 0.123. The molecule has 0 aliphatic carbocycles. The van der Waals surface area contributed by atoms with Crippen LogP contribution >= 0.6 is 0 Å². The molecular weight excluding hydrogens is 635 g/mol. The third kappa shape index (κ3) is 7.52. The summed E-state index contributed by atoms with van der Waals surface area (Å²) in [5.41, 5.74) is 1.49. The number of aromatic nitrogens is 3. The lowest BCUT2D eigenvalue weighted by molar-refractivity contribution is 0.0206. The number of sulfonamides is 1. The minimum atomic E-state index is -3.69. The van der Waals surface area contributed by atoms with Gasteiger partial charge in [-0.3, -0.25) is 0 Å². The third-order valence-electron chi connectivity index (χ3n) is 8.50. The fraction of sp³-hybridized carbons (Fsp3) is 0.429. The van der Waals surface area contributed by atoms with Gasteiger partial charge in [0, 0.05) is 55.6 Å². The van der Waals surface area contributed by atoms with Crippen LogP contribution in [0.15, 0.2) is 54.9 Å². The van der Waals surface area contributed by atoms with Crippen molar-refractivity contribution >= 4 is 32.8 Å². The van der Waals surface area contributed by atoms with Gasteiger partial charge in [-0.1, -0.05) is 12.1 Å². The molecule has 6 rings (SSSR count). The van der Waals surface area contributed by atoms with Crippen molar-refractivity contribution in [2.45, 2.75) is 70.8 Å². The van der Waals surface area contributed by atoms with Gasteiger partial charge in [-0.15, -0.1) is 0 Å². The van der Waals surface area contributed by atoms with Gasteiger partial charge in [0.2, 0.25) is 21.9 Å². The molecule has 2 aliphatic rings. The summed E-state index contributed by atoms with van der Waals surface area (Å²) < 4.78 is 55.0. The maximum atomic E-state index is 15.2. The number of anilines is 1. The van der Waals surface area contributed by atoms with Crippen molar-refractivity contribution in [3.05, 3.63) is 71.8 Å². The van der Waals surface area contributed by atoms with E-state index in [0.717, 1.165) is 31.2 Å². The van der Waals surface area contributed by atoms with Crippen LogP contribution in [-0.2, 0) is 20.5 Å². The summed E-state index contributed by atoms with van der Waals surface area (Å²) in [7, 11) is -3.69. The first-order chi connectivity index (χ1) is 22.9. The fourth-order valence-electron chi connectivity index (χ4n) is 6.16. The first-order valence-electron chi connectivity index (χ1n) is 16.3. The average Bonchev–Trinajstić information content (AvgIpc) is 3.60. The molecule has 2 saturated heterocycles. The first kappa shape index (κ1) is 33.5. The summed E-state index contributed by atoms with van der Waals surface area (Å²) in [6, 6.07) is 11.8. The van der Waals surface area contributed by atoms with Gasteiger partial charge in [-0.05, 0) is 94.7 Å². The van der Waals surface area contributed by atoms with E-state index in [1.807, 2.05) is 33.8 Å².